The van der Waals surface area contributed by atoms with Gasteiger partial charge in [-0.05, 0) is 55.0 Å². The van der Waals surface area contributed by atoms with Crippen LogP contribution in [0.15, 0.2) is 24.3 Å². The molecule has 1 aliphatic heterocycles. The molecule has 1 nitrogen and oxygen atoms in total. The van der Waals surface area contributed by atoms with Crippen LogP contribution in [-0.2, 0) is 12.8 Å². The maximum absolute atomic E-state index is 13.6. The molecule has 0 spiro atoms. The quantitative estimate of drug-likeness (QED) is 0.727. The molecule has 2 aromatic rings. The SMILES string of the molecule is CCc1cc(F)cc(Cl)c1-c1ccc(C)c2c1CCCO2. The Kier molecular flexibility index (Phi) is 3.90. The maximum Gasteiger partial charge on any atom is 0.126 e. The molecule has 3 heteroatoms. The monoisotopic (exact) mass is 304 g/mol. The standard InChI is InChI=1S/C18H18ClFO/c1-3-12-9-13(20)10-16(19)17(12)14-7-6-11(2)18-15(14)5-4-8-21-18/h6-7,9-10H,3-5,8H2,1-2H3. The second-order valence-corrected chi connectivity index (χ2v) is 5.87. The third-order valence-corrected chi connectivity index (χ3v) is 4.36. The molecule has 0 aromatic heterocycles. The average molecular weight is 305 g/mol. The van der Waals surface area contributed by atoms with E-state index in [-0.39, 0.29) is 5.82 Å². The molecular formula is C18H18ClFO. The first-order valence-corrected chi connectivity index (χ1v) is 7.73. The molecule has 0 amide bonds. The van der Waals surface area contributed by atoms with E-state index >= 15 is 0 Å². The van der Waals surface area contributed by atoms with E-state index in [4.69, 9.17) is 16.3 Å². The lowest BCUT2D eigenvalue weighted by molar-refractivity contribution is 0.286. The van der Waals surface area contributed by atoms with Gasteiger partial charge in [0.1, 0.15) is 11.6 Å². The summed E-state index contributed by atoms with van der Waals surface area (Å²) in [6, 6.07) is 7.11. The van der Waals surface area contributed by atoms with Crippen molar-refractivity contribution in [2.75, 3.05) is 6.61 Å². The Morgan fingerprint density at radius 2 is 2.10 bits per heavy atom. The lowest BCUT2D eigenvalue weighted by Crippen LogP contribution is -2.11. The smallest absolute Gasteiger partial charge is 0.126 e. The summed E-state index contributed by atoms with van der Waals surface area (Å²) in [6.07, 6.45) is 2.73. The van der Waals surface area contributed by atoms with Gasteiger partial charge >= 0.3 is 0 Å². The van der Waals surface area contributed by atoms with Gasteiger partial charge < -0.3 is 4.74 Å². The van der Waals surface area contributed by atoms with Crippen molar-refractivity contribution in [3.63, 3.8) is 0 Å². The number of hydrogen-bond donors (Lipinski definition) is 0. The molecule has 1 aliphatic rings. The van der Waals surface area contributed by atoms with Crippen LogP contribution in [0.25, 0.3) is 11.1 Å². The summed E-state index contributed by atoms with van der Waals surface area (Å²) in [4.78, 5) is 0. The van der Waals surface area contributed by atoms with Crippen molar-refractivity contribution in [1.82, 2.24) is 0 Å². The summed E-state index contributed by atoms with van der Waals surface area (Å²) >= 11 is 6.35. The van der Waals surface area contributed by atoms with Crippen molar-refractivity contribution in [2.45, 2.75) is 33.1 Å². The molecule has 2 aromatic carbocycles. The van der Waals surface area contributed by atoms with Crippen molar-refractivity contribution in [2.24, 2.45) is 0 Å². The van der Waals surface area contributed by atoms with E-state index in [0.29, 0.717) is 5.02 Å². The van der Waals surface area contributed by atoms with Gasteiger partial charge in [0.25, 0.3) is 0 Å². The number of halogens is 2. The van der Waals surface area contributed by atoms with Crippen LogP contribution in [0, 0.1) is 12.7 Å². The lowest BCUT2D eigenvalue weighted by atomic mass is 9.89. The number of aryl methyl sites for hydroxylation is 2. The summed E-state index contributed by atoms with van der Waals surface area (Å²) in [5.41, 5.74) is 5.31. The predicted molar refractivity (Wildman–Crippen MR) is 84.8 cm³/mol. The molecule has 0 saturated heterocycles. The summed E-state index contributed by atoms with van der Waals surface area (Å²) in [7, 11) is 0. The third-order valence-electron chi connectivity index (χ3n) is 4.06. The Labute approximate surface area is 129 Å². The predicted octanol–water partition coefficient (Wildman–Crippen LogP) is 5.34. The van der Waals surface area contributed by atoms with Crippen LogP contribution in [0.4, 0.5) is 4.39 Å². The molecule has 3 rings (SSSR count). The third kappa shape index (κ3) is 2.53. The van der Waals surface area contributed by atoms with Gasteiger partial charge in [-0.25, -0.2) is 4.39 Å². The van der Waals surface area contributed by atoms with Crippen LogP contribution in [0.1, 0.15) is 30.0 Å². The Morgan fingerprint density at radius 1 is 1.29 bits per heavy atom. The van der Waals surface area contributed by atoms with E-state index < -0.39 is 0 Å². The molecule has 0 fully saturated rings. The van der Waals surface area contributed by atoms with Gasteiger partial charge in [0.05, 0.1) is 11.6 Å². The Morgan fingerprint density at radius 3 is 2.86 bits per heavy atom. The van der Waals surface area contributed by atoms with Crippen molar-refractivity contribution in [3.05, 3.63) is 51.8 Å². The van der Waals surface area contributed by atoms with E-state index in [1.165, 1.54) is 11.6 Å². The van der Waals surface area contributed by atoms with Crippen LogP contribution in [0.2, 0.25) is 5.02 Å². The number of rotatable bonds is 2. The molecule has 0 radical (unpaired) electrons. The summed E-state index contributed by atoms with van der Waals surface area (Å²) in [6.45, 7) is 4.84. The largest absolute Gasteiger partial charge is 0.493 e. The molecule has 0 unspecified atom stereocenters. The highest BCUT2D eigenvalue weighted by Gasteiger charge is 2.21. The van der Waals surface area contributed by atoms with Gasteiger partial charge in [-0.15, -0.1) is 0 Å². The fraction of sp³-hybridized carbons (Fsp3) is 0.333. The highest BCUT2D eigenvalue weighted by molar-refractivity contribution is 6.33. The zero-order chi connectivity index (χ0) is 15.0. The molecule has 21 heavy (non-hydrogen) atoms. The van der Waals surface area contributed by atoms with Crippen molar-refractivity contribution in [3.8, 4) is 16.9 Å². The number of benzene rings is 2. The second kappa shape index (κ2) is 5.69. The molecule has 0 bridgehead atoms. The fourth-order valence-corrected chi connectivity index (χ4v) is 3.39. The molecule has 1 heterocycles. The van der Waals surface area contributed by atoms with Gasteiger partial charge in [-0.2, -0.15) is 0 Å². The van der Waals surface area contributed by atoms with Gasteiger partial charge in [0, 0.05) is 11.1 Å². The van der Waals surface area contributed by atoms with Gasteiger partial charge in [-0.1, -0.05) is 30.7 Å². The molecule has 0 aliphatic carbocycles. The number of ether oxygens (including phenoxy) is 1. The van der Waals surface area contributed by atoms with Crippen molar-refractivity contribution >= 4 is 11.6 Å². The van der Waals surface area contributed by atoms with E-state index in [0.717, 1.165) is 53.9 Å². The number of hydrogen-bond acceptors (Lipinski definition) is 1. The topological polar surface area (TPSA) is 9.23 Å². The first-order valence-electron chi connectivity index (χ1n) is 7.35. The molecule has 0 saturated carbocycles. The van der Waals surface area contributed by atoms with Gasteiger partial charge in [0.2, 0.25) is 0 Å². The minimum atomic E-state index is -0.280. The average Bonchev–Trinajstić information content (AvgIpc) is 2.48. The van der Waals surface area contributed by atoms with E-state index in [9.17, 15) is 4.39 Å². The van der Waals surface area contributed by atoms with Crippen molar-refractivity contribution < 1.29 is 9.13 Å². The first-order chi connectivity index (χ1) is 10.1. The zero-order valence-corrected chi connectivity index (χ0v) is 13.1. The fourth-order valence-electron chi connectivity index (χ4n) is 3.06. The summed E-state index contributed by atoms with van der Waals surface area (Å²) in [5.74, 6) is 0.694. The van der Waals surface area contributed by atoms with Crippen LogP contribution in [-0.4, -0.2) is 6.61 Å². The molecule has 0 N–H and O–H groups in total. The van der Waals surface area contributed by atoms with Crippen LogP contribution >= 0.6 is 11.6 Å². The Hall–Kier alpha value is -1.54. The molecule has 0 atom stereocenters. The van der Waals surface area contributed by atoms with E-state index in [2.05, 4.69) is 19.1 Å². The summed E-state index contributed by atoms with van der Waals surface area (Å²) < 4.78 is 19.4. The molecular weight excluding hydrogens is 287 g/mol. The Balaban J connectivity index is 2.27. The maximum atomic E-state index is 13.6. The van der Waals surface area contributed by atoms with E-state index in [1.807, 2.05) is 6.92 Å². The highest BCUT2D eigenvalue weighted by atomic mass is 35.5. The second-order valence-electron chi connectivity index (χ2n) is 5.47. The minimum absolute atomic E-state index is 0.280. The van der Waals surface area contributed by atoms with Gasteiger partial charge in [-0.3, -0.25) is 0 Å². The van der Waals surface area contributed by atoms with Gasteiger partial charge in [0.15, 0.2) is 0 Å². The zero-order valence-electron chi connectivity index (χ0n) is 12.3. The lowest BCUT2D eigenvalue weighted by Gasteiger charge is -2.24. The highest BCUT2D eigenvalue weighted by Crippen LogP contribution is 2.41. The van der Waals surface area contributed by atoms with Crippen molar-refractivity contribution in [1.29, 1.82) is 0 Å². The Bertz CT molecular complexity index is 694. The van der Waals surface area contributed by atoms with Crippen LogP contribution < -0.4 is 4.74 Å². The van der Waals surface area contributed by atoms with Crippen LogP contribution in [0.3, 0.4) is 0 Å². The molecule has 110 valence electrons. The normalized spacial score (nSPS) is 13.7. The number of fused-ring (bicyclic) bond motifs is 1. The van der Waals surface area contributed by atoms with Crippen LogP contribution in [0.5, 0.6) is 5.75 Å². The minimum Gasteiger partial charge on any atom is -0.493 e. The summed E-state index contributed by atoms with van der Waals surface area (Å²) in [5, 5.41) is 0.475. The van der Waals surface area contributed by atoms with E-state index in [1.54, 1.807) is 6.07 Å². The first kappa shape index (κ1) is 14.4.